The largest absolute Gasteiger partial charge is 0.484 e. The summed E-state index contributed by atoms with van der Waals surface area (Å²) in [6.07, 6.45) is 1.15. The molecule has 9 heteroatoms. The van der Waals surface area contributed by atoms with Gasteiger partial charge in [-0.1, -0.05) is 54.6 Å². The van der Waals surface area contributed by atoms with E-state index in [1.54, 1.807) is 48.5 Å². The van der Waals surface area contributed by atoms with Gasteiger partial charge >= 0.3 is 0 Å². The number of nitrogens with one attached hydrogen (secondary N) is 2. The standard InChI is InChI=1S/C26H29N3O5S/c1-19(21-9-5-4-6-10-21)27-26(31)23-11-7-8-12-24(23)28-25(30)18-34-22-15-13-20(14-16-22)17-29(2)35(3,32)33/h4-16,19H,17-18H2,1-3H3,(H,27,31)(H,28,30)/t19-/m1/s1. The van der Waals surface area contributed by atoms with Crippen molar-refractivity contribution >= 4 is 27.5 Å². The molecule has 0 radical (unpaired) electrons. The van der Waals surface area contributed by atoms with Gasteiger partial charge in [0.15, 0.2) is 6.61 Å². The SMILES string of the molecule is C[C@@H](NC(=O)c1ccccc1NC(=O)COc1ccc(CN(C)S(C)(=O)=O)cc1)c1ccccc1. The Morgan fingerprint density at radius 2 is 1.57 bits per heavy atom. The van der Waals surface area contributed by atoms with Crippen LogP contribution in [0.3, 0.4) is 0 Å². The molecule has 35 heavy (non-hydrogen) atoms. The van der Waals surface area contributed by atoms with Crippen LogP contribution in [0.15, 0.2) is 78.9 Å². The van der Waals surface area contributed by atoms with Gasteiger partial charge < -0.3 is 15.4 Å². The first-order valence-electron chi connectivity index (χ1n) is 11.0. The van der Waals surface area contributed by atoms with E-state index in [2.05, 4.69) is 10.6 Å². The monoisotopic (exact) mass is 495 g/mol. The maximum atomic E-state index is 12.8. The third kappa shape index (κ3) is 7.66. The van der Waals surface area contributed by atoms with Crippen molar-refractivity contribution in [2.24, 2.45) is 0 Å². The number of para-hydroxylation sites is 1. The second-order valence-corrected chi connectivity index (χ2v) is 10.2. The molecule has 0 bridgehead atoms. The van der Waals surface area contributed by atoms with Gasteiger partial charge in [0.05, 0.1) is 23.5 Å². The quantitative estimate of drug-likeness (QED) is 0.447. The summed E-state index contributed by atoms with van der Waals surface area (Å²) in [5.74, 6) is -0.247. The molecule has 2 amide bonds. The number of ether oxygens (including phenoxy) is 1. The Kier molecular flexibility index (Phi) is 8.62. The van der Waals surface area contributed by atoms with Crippen LogP contribution in [-0.2, 0) is 21.4 Å². The van der Waals surface area contributed by atoms with Gasteiger partial charge in [-0.25, -0.2) is 12.7 Å². The fraction of sp³-hybridized carbons (Fsp3) is 0.231. The van der Waals surface area contributed by atoms with E-state index in [9.17, 15) is 18.0 Å². The zero-order chi connectivity index (χ0) is 25.4. The van der Waals surface area contributed by atoms with Crippen molar-refractivity contribution < 1.29 is 22.7 Å². The minimum atomic E-state index is -3.27. The molecule has 0 saturated heterocycles. The number of rotatable bonds is 10. The molecule has 0 spiro atoms. The number of nitrogens with zero attached hydrogens (tertiary/aromatic N) is 1. The van der Waals surface area contributed by atoms with Gasteiger partial charge in [-0.2, -0.15) is 0 Å². The van der Waals surface area contributed by atoms with Crippen LogP contribution in [0, 0.1) is 0 Å². The highest BCUT2D eigenvalue weighted by Crippen LogP contribution is 2.19. The average Bonchev–Trinajstić information content (AvgIpc) is 2.84. The Bertz CT molecular complexity index is 1260. The van der Waals surface area contributed by atoms with Crippen LogP contribution in [0.5, 0.6) is 5.75 Å². The number of carbonyl (C=O) groups excluding carboxylic acids is 2. The van der Waals surface area contributed by atoms with E-state index in [0.717, 1.165) is 17.4 Å². The van der Waals surface area contributed by atoms with Crippen molar-refractivity contribution in [3.05, 3.63) is 95.6 Å². The van der Waals surface area contributed by atoms with Crippen LogP contribution in [0.2, 0.25) is 0 Å². The molecule has 0 aliphatic heterocycles. The zero-order valence-corrected chi connectivity index (χ0v) is 20.7. The summed E-state index contributed by atoms with van der Waals surface area (Å²) in [4.78, 5) is 25.3. The normalized spacial score (nSPS) is 12.1. The highest BCUT2D eigenvalue weighted by Gasteiger charge is 2.16. The molecule has 3 rings (SSSR count). The number of hydrogen-bond acceptors (Lipinski definition) is 5. The maximum absolute atomic E-state index is 12.8. The summed E-state index contributed by atoms with van der Waals surface area (Å²) in [5.41, 5.74) is 2.50. The summed E-state index contributed by atoms with van der Waals surface area (Å²) in [6.45, 7) is 1.88. The van der Waals surface area contributed by atoms with Gasteiger partial charge in [0.1, 0.15) is 5.75 Å². The van der Waals surface area contributed by atoms with E-state index in [-0.39, 0.29) is 25.1 Å². The summed E-state index contributed by atoms with van der Waals surface area (Å²) in [5, 5.41) is 5.68. The minimum Gasteiger partial charge on any atom is -0.484 e. The average molecular weight is 496 g/mol. The lowest BCUT2D eigenvalue weighted by Gasteiger charge is -2.16. The highest BCUT2D eigenvalue weighted by atomic mass is 32.2. The second-order valence-electron chi connectivity index (χ2n) is 8.15. The van der Waals surface area contributed by atoms with Crippen LogP contribution in [0.1, 0.15) is 34.5 Å². The van der Waals surface area contributed by atoms with Crippen molar-refractivity contribution in [2.75, 3.05) is 25.2 Å². The van der Waals surface area contributed by atoms with Crippen molar-refractivity contribution in [1.82, 2.24) is 9.62 Å². The molecule has 2 N–H and O–H groups in total. The number of hydrogen-bond donors (Lipinski definition) is 2. The molecule has 184 valence electrons. The number of benzene rings is 3. The van der Waals surface area contributed by atoms with E-state index in [1.165, 1.54) is 11.4 Å². The van der Waals surface area contributed by atoms with Gasteiger partial charge in [-0.15, -0.1) is 0 Å². The summed E-state index contributed by atoms with van der Waals surface area (Å²) in [7, 11) is -1.77. The Morgan fingerprint density at radius 3 is 2.23 bits per heavy atom. The van der Waals surface area contributed by atoms with Gasteiger partial charge in [-0.05, 0) is 42.3 Å². The van der Waals surface area contributed by atoms with E-state index < -0.39 is 15.9 Å². The van der Waals surface area contributed by atoms with Crippen LogP contribution in [0.25, 0.3) is 0 Å². The lowest BCUT2D eigenvalue weighted by atomic mass is 10.1. The Morgan fingerprint density at radius 1 is 0.943 bits per heavy atom. The number of sulfonamides is 1. The van der Waals surface area contributed by atoms with Crippen molar-refractivity contribution in [1.29, 1.82) is 0 Å². The molecular weight excluding hydrogens is 466 g/mol. The van der Waals surface area contributed by atoms with Crippen LogP contribution in [-0.4, -0.2) is 44.4 Å². The molecule has 0 aromatic heterocycles. The summed E-state index contributed by atoms with van der Waals surface area (Å²) in [6, 6.07) is 23.0. The molecule has 0 unspecified atom stereocenters. The molecule has 0 heterocycles. The Labute approximate surface area is 206 Å². The smallest absolute Gasteiger partial charge is 0.262 e. The molecule has 8 nitrogen and oxygen atoms in total. The Hall–Kier alpha value is -3.69. The van der Waals surface area contributed by atoms with Crippen LogP contribution < -0.4 is 15.4 Å². The topological polar surface area (TPSA) is 105 Å². The maximum Gasteiger partial charge on any atom is 0.262 e. The summed E-state index contributed by atoms with van der Waals surface area (Å²) >= 11 is 0. The first-order valence-corrected chi connectivity index (χ1v) is 12.9. The lowest BCUT2D eigenvalue weighted by molar-refractivity contribution is -0.118. The number of anilines is 1. The molecule has 0 aliphatic carbocycles. The molecule has 3 aromatic carbocycles. The predicted molar refractivity (Wildman–Crippen MR) is 136 cm³/mol. The van der Waals surface area contributed by atoms with E-state index in [1.807, 2.05) is 37.3 Å². The van der Waals surface area contributed by atoms with Gasteiger partial charge in [-0.3, -0.25) is 9.59 Å². The number of carbonyl (C=O) groups is 2. The van der Waals surface area contributed by atoms with E-state index >= 15 is 0 Å². The lowest BCUT2D eigenvalue weighted by Crippen LogP contribution is -2.28. The van der Waals surface area contributed by atoms with E-state index in [0.29, 0.717) is 17.0 Å². The molecule has 0 aliphatic rings. The van der Waals surface area contributed by atoms with E-state index in [4.69, 9.17) is 4.74 Å². The summed E-state index contributed by atoms with van der Waals surface area (Å²) < 4.78 is 29.9. The minimum absolute atomic E-state index is 0.198. The third-order valence-electron chi connectivity index (χ3n) is 5.36. The van der Waals surface area contributed by atoms with Gasteiger partial charge in [0.25, 0.3) is 11.8 Å². The predicted octanol–water partition coefficient (Wildman–Crippen LogP) is 3.59. The number of amides is 2. The van der Waals surface area contributed by atoms with Crippen molar-refractivity contribution in [3.8, 4) is 5.75 Å². The first-order chi connectivity index (χ1) is 16.6. The van der Waals surface area contributed by atoms with Gasteiger partial charge in [0, 0.05) is 13.6 Å². The van der Waals surface area contributed by atoms with Crippen LogP contribution in [0.4, 0.5) is 5.69 Å². The Balaban J connectivity index is 1.56. The molecule has 0 fully saturated rings. The van der Waals surface area contributed by atoms with Gasteiger partial charge in [0.2, 0.25) is 10.0 Å². The third-order valence-corrected chi connectivity index (χ3v) is 6.62. The fourth-order valence-electron chi connectivity index (χ4n) is 3.29. The molecule has 3 aromatic rings. The van der Waals surface area contributed by atoms with Crippen LogP contribution >= 0.6 is 0 Å². The van der Waals surface area contributed by atoms with Crippen molar-refractivity contribution in [2.45, 2.75) is 19.5 Å². The van der Waals surface area contributed by atoms with Crippen molar-refractivity contribution in [3.63, 3.8) is 0 Å². The first kappa shape index (κ1) is 25.9. The fourth-order valence-corrected chi connectivity index (χ4v) is 3.67. The highest BCUT2D eigenvalue weighted by molar-refractivity contribution is 7.88. The second kappa shape index (κ2) is 11.6. The molecule has 0 saturated carbocycles. The molecule has 1 atom stereocenters. The zero-order valence-electron chi connectivity index (χ0n) is 19.9. The molecular formula is C26H29N3O5S.